The molecular formula is C15H15FN2O2. The van der Waals surface area contributed by atoms with E-state index in [1.54, 1.807) is 24.4 Å². The number of benzene rings is 1. The molecule has 1 aromatic heterocycles. The molecule has 0 unspecified atom stereocenters. The van der Waals surface area contributed by atoms with Gasteiger partial charge in [0.15, 0.2) is 0 Å². The van der Waals surface area contributed by atoms with Crippen LogP contribution in [0.4, 0.5) is 10.1 Å². The molecule has 2 rings (SSSR count). The maximum absolute atomic E-state index is 13.5. The molecule has 0 atom stereocenters. The van der Waals surface area contributed by atoms with Crippen molar-refractivity contribution in [2.45, 2.75) is 20.0 Å². The maximum atomic E-state index is 13.5. The van der Waals surface area contributed by atoms with Crippen LogP contribution >= 0.6 is 0 Å². The lowest BCUT2D eigenvalue weighted by atomic mass is 10.2. The van der Waals surface area contributed by atoms with Crippen LogP contribution in [-0.4, -0.2) is 17.0 Å². The number of hydrogen-bond donors (Lipinski definition) is 1. The van der Waals surface area contributed by atoms with Crippen LogP contribution in [0.5, 0.6) is 5.88 Å². The average Bonchev–Trinajstić information content (AvgIpc) is 2.41. The highest BCUT2D eigenvalue weighted by molar-refractivity contribution is 6.05. The van der Waals surface area contributed by atoms with Gasteiger partial charge in [0.25, 0.3) is 5.91 Å². The second-order valence-corrected chi connectivity index (χ2v) is 4.46. The predicted octanol–water partition coefficient (Wildman–Crippen LogP) is 3.26. The summed E-state index contributed by atoms with van der Waals surface area (Å²) in [5.74, 6) is -0.794. The summed E-state index contributed by atoms with van der Waals surface area (Å²) < 4.78 is 19.0. The van der Waals surface area contributed by atoms with E-state index in [-0.39, 0.29) is 11.7 Å². The first kappa shape index (κ1) is 14.0. The largest absolute Gasteiger partial charge is 0.473 e. The standard InChI is InChI=1S/C15H15FN2O2/c1-10(2)20-15-13(8-5-9-17-15)18-14(19)11-6-3-4-7-12(11)16/h3-10H,1-2H3,(H,18,19). The van der Waals surface area contributed by atoms with Crippen LogP contribution in [0, 0.1) is 5.82 Å². The Morgan fingerprint density at radius 2 is 2.00 bits per heavy atom. The lowest BCUT2D eigenvalue weighted by Crippen LogP contribution is -2.16. The van der Waals surface area contributed by atoms with E-state index < -0.39 is 11.7 Å². The number of amides is 1. The number of hydrogen-bond acceptors (Lipinski definition) is 3. The van der Waals surface area contributed by atoms with E-state index in [9.17, 15) is 9.18 Å². The molecule has 1 heterocycles. The minimum absolute atomic E-state index is 0.0214. The normalized spacial score (nSPS) is 10.4. The molecule has 2 aromatic rings. The number of carbonyl (C=O) groups excluding carboxylic acids is 1. The van der Waals surface area contributed by atoms with Gasteiger partial charge in [-0.25, -0.2) is 9.37 Å². The zero-order chi connectivity index (χ0) is 14.5. The summed E-state index contributed by atoms with van der Waals surface area (Å²) in [6.45, 7) is 3.72. The van der Waals surface area contributed by atoms with Gasteiger partial charge >= 0.3 is 0 Å². The molecule has 4 nitrogen and oxygen atoms in total. The van der Waals surface area contributed by atoms with Gasteiger partial charge in [-0.1, -0.05) is 12.1 Å². The van der Waals surface area contributed by atoms with E-state index in [1.165, 1.54) is 18.2 Å². The fourth-order valence-corrected chi connectivity index (χ4v) is 1.64. The average molecular weight is 274 g/mol. The highest BCUT2D eigenvalue weighted by Crippen LogP contribution is 2.22. The van der Waals surface area contributed by atoms with E-state index in [0.717, 1.165) is 0 Å². The van der Waals surface area contributed by atoms with Crippen molar-refractivity contribution >= 4 is 11.6 Å². The van der Waals surface area contributed by atoms with E-state index in [4.69, 9.17) is 4.74 Å². The Balaban J connectivity index is 2.22. The Hall–Kier alpha value is -2.43. The van der Waals surface area contributed by atoms with E-state index in [2.05, 4.69) is 10.3 Å². The summed E-state index contributed by atoms with van der Waals surface area (Å²) in [7, 11) is 0. The van der Waals surface area contributed by atoms with Gasteiger partial charge in [0.2, 0.25) is 5.88 Å². The first-order valence-electron chi connectivity index (χ1n) is 6.25. The second kappa shape index (κ2) is 6.14. The molecule has 0 aliphatic heterocycles. The lowest BCUT2D eigenvalue weighted by molar-refractivity contribution is 0.102. The van der Waals surface area contributed by atoms with Crippen molar-refractivity contribution in [1.29, 1.82) is 0 Å². The summed E-state index contributed by atoms with van der Waals surface area (Å²) in [6, 6.07) is 9.12. The van der Waals surface area contributed by atoms with Crippen LogP contribution in [0.1, 0.15) is 24.2 Å². The number of carbonyl (C=O) groups is 1. The van der Waals surface area contributed by atoms with E-state index >= 15 is 0 Å². The third-order valence-electron chi connectivity index (χ3n) is 2.49. The monoisotopic (exact) mass is 274 g/mol. The Bertz CT molecular complexity index is 614. The third-order valence-corrected chi connectivity index (χ3v) is 2.49. The van der Waals surface area contributed by atoms with Gasteiger partial charge in [0, 0.05) is 6.20 Å². The number of nitrogens with zero attached hydrogens (tertiary/aromatic N) is 1. The molecule has 0 aliphatic carbocycles. The number of pyridine rings is 1. The van der Waals surface area contributed by atoms with Crippen molar-refractivity contribution < 1.29 is 13.9 Å². The van der Waals surface area contributed by atoms with Crippen molar-refractivity contribution in [3.63, 3.8) is 0 Å². The van der Waals surface area contributed by atoms with Crippen molar-refractivity contribution in [2.75, 3.05) is 5.32 Å². The molecule has 0 radical (unpaired) electrons. The number of nitrogens with one attached hydrogen (secondary N) is 1. The zero-order valence-corrected chi connectivity index (χ0v) is 11.3. The number of rotatable bonds is 4. The molecule has 1 aromatic carbocycles. The summed E-state index contributed by atoms with van der Waals surface area (Å²) >= 11 is 0. The van der Waals surface area contributed by atoms with Crippen molar-refractivity contribution in [2.24, 2.45) is 0 Å². The second-order valence-electron chi connectivity index (χ2n) is 4.46. The molecule has 20 heavy (non-hydrogen) atoms. The van der Waals surface area contributed by atoms with Gasteiger partial charge in [-0.2, -0.15) is 0 Å². The predicted molar refractivity (Wildman–Crippen MR) is 74.4 cm³/mol. The number of ether oxygens (including phenoxy) is 1. The summed E-state index contributed by atoms with van der Waals surface area (Å²) in [4.78, 5) is 16.1. The summed E-state index contributed by atoms with van der Waals surface area (Å²) in [6.07, 6.45) is 1.49. The van der Waals surface area contributed by atoms with Crippen molar-refractivity contribution in [1.82, 2.24) is 4.98 Å². The van der Waals surface area contributed by atoms with Gasteiger partial charge in [-0.15, -0.1) is 0 Å². The zero-order valence-electron chi connectivity index (χ0n) is 11.3. The molecular weight excluding hydrogens is 259 g/mol. The minimum atomic E-state index is -0.569. The topological polar surface area (TPSA) is 51.2 Å². The smallest absolute Gasteiger partial charge is 0.258 e. The van der Waals surface area contributed by atoms with Crippen LogP contribution in [0.25, 0.3) is 0 Å². The molecule has 5 heteroatoms. The molecule has 0 aliphatic rings. The molecule has 0 saturated heterocycles. The Kier molecular flexibility index (Phi) is 4.30. The quantitative estimate of drug-likeness (QED) is 0.931. The summed E-state index contributed by atoms with van der Waals surface area (Å²) in [5, 5.41) is 2.61. The SMILES string of the molecule is CC(C)Oc1ncccc1NC(=O)c1ccccc1F. The lowest BCUT2D eigenvalue weighted by Gasteiger charge is -2.13. The molecule has 1 amide bonds. The molecule has 104 valence electrons. The fraction of sp³-hybridized carbons (Fsp3) is 0.200. The first-order chi connectivity index (χ1) is 9.58. The van der Waals surface area contributed by atoms with Gasteiger partial charge in [-0.3, -0.25) is 4.79 Å². The van der Waals surface area contributed by atoms with E-state index in [1.807, 2.05) is 13.8 Å². The number of aromatic nitrogens is 1. The van der Waals surface area contributed by atoms with Crippen LogP contribution in [0.15, 0.2) is 42.6 Å². The molecule has 0 spiro atoms. The highest BCUT2D eigenvalue weighted by atomic mass is 19.1. The molecule has 0 bridgehead atoms. The Morgan fingerprint density at radius 1 is 1.25 bits per heavy atom. The minimum Gasteiger partial charge on any atom is -0.473 e. The molecule has 1 N–H and O–H groups in total. The van der Waals surface area contributed by atoms with Gasteiger partial charge < -0.3 is 10.1 Å². The van der Waals surface area contributed by atoms with Crippen LogP contribution in [-0.2, 0) is 0 Å². The third kappa shape index (κ3) is 3.32. The van der Waals surface area contributed by atoms with Gasteiger partial charge in [0.05, 0.1) is 11.7 Å². The number of halogens is 1. The van der Waals surface area contributed by atoms with Gasteiger partial charge in [0.1, 0.15) is 11.5 Å². The van der Waals surface area contributed by atoms with Crippen LogP contribution < -0.4 is 10.1 Å². The van der Waals surface area contributed by atoms with Crippen molar-refractivity contribution in [3.8, 4) is 5.88 Å². The fourth-order valence-electron chi connectivity index (χ4n) is 1.64. The Labute approximate surface area is 116 Å². The first-order valence-corrected chi connectivity index (χ1v) is 6.25. The number of anilines is 1. The van der Waals surface area contributed by atoms with Crippen LogP contribution in [0.2, 0.25) is 0 Å². The molecule has 0 saturated carbocycles. The summed E-state index contributed by atoms with van der Waals surface area (Å²) in [5.41, 5.74) is 0.390. The Morgan fingerprint density at radius 3 is 2.70 bits per heavy atom. The van der Waals surface area contributed by atoms with Crippen LogP contribution in [0.3, 0.4) is 0 Å². The van der Waals surface area contributed by atoms with E-state index in [0.29, 0.717) is 11.6 Å². The maximum Gasteiger partial charge on any atom is 0.258 e. The molecule has 0 fully saturated rings. The van der Waals surface area contributed by atoms with Gasteiger partial charge in [-0.05, 0) is 38.1 Å². The highest BCUT2D eigenvalue weighted by Gasteiger charge is 2.14. The van der Waals surface area contributed by atoms with Crippen molar-refractivity contribution in [3.05, 3.63) is 54.0 Å².